The Morgan fingerprint density at radius 3 is 2.52 bits per heavy atom. The van der Waals surface area contributed by atoms with Gasteiger partial charge < -0.3 is 15.2 Å². The number of nitrogens with zero attached hydrogens (tertiary/aromatic N) is 2. The molecule has 2 aromatic rings. The van der Waals surface area contributed by atoms with Gasteiger partial charge in [-0.25, -0.2) is 0 Å². The molecule has 1 aliphatic carbocycles. The third kappa shape index (κ3) is 4.83. The minimum absolute atomic E-state index is 0.0181. The summed E-state index contributed by atoms with van der Waals surface area (Å²) < 4.78 is 1.70. The molecule has 1 aliphatic rings. The Balaban J connectivity index is 1.53. The highest BCUT2D eigenvalue weighted by molar-refractivity contribution is 5.80. The van der Waals surface area contributed by atoms with E-state index < -0.39 is 0 Å². The van der Waals surface area contributed by atoms with E-state index in [9.17, 15) is 4.79 Å². The molecule has 0 bridgehead atoms. The highest BCUT2D eigenvalue weighted by atomic mass is 16.1. The predicted molar refractivity (Wildman–Crippen MR) is 102 cm³/mol. The van der Waals surface area contributed by atoms with E-state index in [1.165, 1.54) is 5.56 Å². The SMILES string of the molecule is CN=C(NCc1ccc(Cn2ccccc2=O)cc1)NC1CC=CC1. The highest BCUT2D eigenvalue weighted by Gasteiger charge is 2.11. The summed E-state index contributed by atoms with van der Waals surface area (Å²) in [6, 6.07) is 13.9. The minimum atomic E-state index is 0.0181. The molecule has 3 rings (SSSR count). The van der Waals surface area contributed by atoms with E-state index in [-0.39, 0.29) is 5.56 Å². The molecule has 5 heteroatoms. The molecule has 5 nitrogen and oxygen atoms in total. The highest BCUT2D eigenvalue weighted by Crippen LogP contribution is 2.09. The summed E-state index contributed by atoms with van der Waals surface area (Å²) in [4.78, 5) is 16.0. The lowest BCUT2D eigenvalue weighted by Gasteiger charge is -2.17. The normalized spacial score (nSPS) is 14.7. The van der Waals surface area contributed by atoms with Crippen LogP contribution in [-0.4, -0.2) is 23.6 Å². The van der Waals surface area contributed by atoms with Crippen molar-refractivity contribution in [3.05, 3.63) is 82.3 Å². The quantitative estimate of drug-likeness (QED) is 0.500. The van der Waals surface area contributed by atoms with Gasteiger partial charge in [-0.15, -0.1) is 0 Å². The zero-order valence-corrected chi connectivity index (χ0v) is 14.5. The van der Waals surface area contributed by atoms with Gasteiger partial charge in [0.05, 0.1) is 6.54 Å². The van der Waals surface area contributed by atoms with Gasteiger partial charge in [0, 0.05) is 31.9 Å². The standard InChI is InChI=1S/C20H24N4O/c1-21-20(23-18-6-2-3-7-18)22-14-16-9-11-17(12-10-16)15-24-13-5-4-8-19(24)25/h2-5,8-13,18H,6-7,14-15H2,1H3,(H2,21,22,23). The van der Waals surface area contributed by atoms with Crippen molar-refractivity contribution in [3.63, 3.8) is 0 Å². The smallest absolute Gasteiger partial charge is 0.250 e. The molecule has 0 unspecified atom stereocenters. The summed E-state index contributed by atoms with van der Waals surface area (Å²) in [7, 11) is 1.79. The molecule has 0 saturated heterocycles. The van der Waals surface area contributed by atoms with Crippen LogP contribution in [0, 0.1) is 0 Å². The summed E-state index contributed by atoms with van der Waals surface area (Å²) in [6.45, 7) is 1.30. The first-order chi connectivity index (χ1) is 12.2. The van der Waals surface area contributed by atoms with Gasteiger partial charge in [-0.1, -0.05) is 42.5 Å². The number of rotatable bonds is 5. The summed E-state index contributed by atoms with van der Waals surface area (Å²) in [5, 5.41) is 6.77. The van der Waals surface area contributed by atoms with Gasteiger partial charge >= 0.3 is 0 Å². The number of hydrogen-bond acceptors (Lipinski definition) is 2. The molecule has 1 heterocycles. The van der Waals surface area contributed by atoms with Crippen LogP contribution in [0.4, 0.5) is 0 Å². The molecule has 0 atom stereocenters. The van der Waals surface area contributed by atoms with Crippen molar-refractivity contribution in [3.8, 4) is 0 Å². The van der Waals surface area contributed by atoms with E-state index in [1.54, 1.807) is 23.7 Å². The third-order valence-electron chi connectivity index (χ3n) is 4.31. The maximum absolute atomic E-state index is 11.8. The van der Waals surface area contributed by atoms with E-state index >= 15 is 0 Å². The van der Waals surface area contributed by atoms with Gasteiger partial charge in [0.15, 0.2) is 5.96 Å². The Morgan fingerprint density at radius 2 is 1.84 bits per heavy atom. The first-order valence-corrected chi connectivity index (χ1v) is 8.60. The molecule has 130 valence electrons. The van der Waals surface area contributed by atoms with Crippen molar-refractivity contribution in [2.75, 3.05) is 7.05 Å². The molecule has 0 spiro atoms. The number of nitrogens with one attached hydrogen (secondary N) is 2. The van der Waals surface area contributed by atoms with Crippen molar-refractivity contribution in [2.45, 2.75) is 32.0 Å². The molecule has 0 fully saturated rings. The Kier molecular flexibility index (Phi) is 5.67. The van der Waals surface area contributed by atoms with Crippen LogP contribution >= 0.6 is 0 Å². The largest absolute Gasteiger partial charge is 0.353 e. The van der Waals surface area contributed by atoms with Crippen molar-refractivity contribution < 1.29 is 0 Å². The first kappa shape index (κ1) is 17.0. The third-order valence-corrected chi connectivity index (χ3v) is 4.31. The fourth-order valence-corrected chi connectivity index (χ4v) is 2.86. The average Bonchev–Trinajstić information content (AvgIpc) is 3.15. The van der Waals surface area contributed by atoms with Crippen molar-refractivity contribution in [2.24, 2.45) is 4.99 Å². The molecule has 0 aliphatic heterocycles. The van der Waals surface area contributed by atoms with Crippen LogP contribution in [0.2, 0.25) is 0 Å². The van der Waals surface area contributed by atoms with Gasteiger partial charge in [0.2, 0.25) is 0 Å². The van der Waals surface area contributed by atoms with Gasteiger partial charge in [0.1, 0.15) is 0 Å². The molecular formula is C20H24N4O. The Morgan fingerprint density at radius 1 is 1.12 bits per heavy atom. The molecule has 2 N–H and O–H groups in total. The van der Waals surface area contributed by atoms with Crippen molar-refractivity contribution in [1.82, 2.24) is 15.2 Å². The zero-order chi connectivity index (χ0) is 17.5. The lowest BCUT2D eigenvalue weighted by Crippen LogP contribution is -2.42. The maximum atomic E-state index is 11.8. The van der Waals surface area contributed by atoms with Crippen molar-refractivity contribution in [1.29, 1.82) is 0 Å². The second-order valence-electron chi connectivity index (χ2n) is 6.19. The second kappa shape index (κ2) is 8.33. The molecule has 25 heavy (non-hydrogen) atoms. The zero-order valence-electron chi connectivity index (χ0n) is 14.5. The Labute approximate surface area is 148 Å². The molecule has 1 aromatic carbocycles. The minimum Gasteiger partial charge on any atom is -0.353 e. The summed E-state index contributed by atoms with van der Waals surface area (Å²) in [5.41, 5.74) is 2.30. The topological polar surface area (TPSA) is 58.4 Å². The van der Waals surface area contributed by atoms with E-state index in [0.29, 0.717) is 19.1 Å². The van der Waals surface area contributed by atoms with Gasteiger partial charge in [-0.3, -0.25) is 9.79 Å². The van der Waals surface area contributed by atoms with Crippen LogP contribution in [0.3, 0.4) is 0 Å². The van der Waals surface area contributed by atoms with Crippen LogP contribution in [0.25, 0.3) is 0 Å². The Bertz CT molecular complexity index is 797. The second-order valence-corrected chi connectivity index (χ2v) is 6.19. The number of pyridine rings is 1. The summed E-state index contributed by atoms with van der Waals surface area (Å²) in [6.07, 6.45) is 8.30. The monoisotopic (exact) mass is 336 g/mol. The van der Waals surface area contributed by atoms with Crippen LogP contribution in [0.5, 0.6) is 0 Å². The summed E-state index contributed by atoms with van der Waals surface area (Å²) >= 11 is 0. The lowest BCUT2D eigenvalue weighted by atomic mass is 10.1. The maximum Gasteiger partial charge on any atom is 0.250 e. The Hall–Kier alpha value is -2.82. The molecule has 0 amide bonds. The van der Waals surface area contributed by atoms with Crippen LogP contribution in [0.1, 0.15) is 24.0 Å². The van der Waals surface area contributed by atoms with Crippen molar-refractivity contribution >= 4 is 5.96 Å². The number of benzene rings is 1. The van der Waals surface area contributed by atoms with E-state index in [4.69, 9.17) is 0 Å². The van der Waals surface area contributed by atoms with Crippen LogP contribution < -0.4 is 16.2 Å². The van der Waals surface area contributed by atoms with Gasteiger partial charge in [-0.2, -0.15) is 0 Å². The van der Waals surface area contributed by atoms with Gasteiger partial charge in [-0.05, 0) is 30.0 Å². The lowest BCUT2D eigenvalue weighted by molar-refractivity contribution is 0.633. The fourth-order valence-electron chi connectivity index (χ4n) is 2.86. The summed E-state index contributed by atoms with van der Waals surface area (Å²) in [5.74, 6) is 0.827. The molecule has 0 saturated carbocycles. The van der Waals surface area contributed by atoms with Crippen LogP contribution in [-0.2, 0) is 13.1 Å². The van der Waals surface area contributed by atoms with E-state index in [2.05, 4.69) is 52.0 Å². The van der Waals surface area contributed by atoms with Gasteiger partial charge in [0.25, 0.3) is 5.56 Å². The van der Waals surface area contributed by atoms with E-state index in [1.807, 2.05) is 12.3 Å². The molecular weight excluding hydrogens is 312 g/mol. The number of aliphatic imine (C=N–C) groups is 1. The molecule has 0 radical (unpaired) electrons. The predicted octanol–water partition coefficient (Wildman–Crippen LogP) is 2.28. The number of hydrogen-bond donors (Lipinski definition) is 2. The fraction of sp³-hybridized carbons (Fsp3) is 0.300. The average molecular weight is 336 g/mol. The first-order valence-electron chi connectivity index (χ1n) is 8.60. The number of aromatic nitrogens is 1. The molecule has 1 aromatic heterocycles. The number of guanidine groups is 1. The van der Waals surface area contributed by atoms with Crippen LogP contribution in [0.15, 0.2) is 70.6 Å². The van der Waals surface area contributed by atoms with E-state index in [0.717, 1.165) is 24.4 Å².